The maximum absolute atomic E-state index is 12.7. The van der Waals surface area contributed by atoms with Gasteiger partial charge in [-0.3, -0.25) is 9.36 Å². The van der Waals surface area contributed by atoms with Crippen LogP contribution in [-0.2, 0) is 13.1 Å². The topological polar surface area (TPSA) is 70.2 Å². The molecule has 138 valence electrons. The summed E-state index contributed by atoms with van der Waals surface area (Å²) in [6.45, 7) is 7.44. The van der Waals surface area contributed by atoms with Gasteiger partial charge in [-0.1, -0.05) is 0 Å². The number of rotatable bonds is 4. The third-order valence-corrected chi connectivity index (χ3v) is 5.29. The fourth-order valence-corrected chi connectivity index (χ4v) is 3.85. The quantitative estimate of drug-likeness (QED) is 0.740. The second-order valence-electron chi connectivity index (χ2n) is 5.88. The molecule has 1 aliphatic rings. The molecule has 9 heteroatoms. The summed E-state index contributed by atoms with van der Waals surface area (Å²) in [5, 5.41) is 11.2. The zero-order chi connectivity index (χ0) is 18.8. The average Bonchev–Trinajstić information content (AvgIpc) is 3.23. The number of allylic oxidation sites excluding steroid dienone is 1. The molecular formula is C17H23N6O2S+. The molecule has 0 bridgehead atoms. The molecule has 26 heavy (non-hydrogen) atoms. The van der Waals surface area contributed by atoms with Gasteiger partial charge >= 0.3 is 5.89 Å². The van der Waals surface area contributed by atoms with Crippen molar-refractivity contribution in [3.05, 3.63) is 49.3 Å². The van der Waals surface area contributed by atoms with Crippen LogP contribution in [0.15, 0.2) is 37.8 Å². The summed E-state index contributed by atoms with van der Waals surface area (Å²) in [5.41, 5.74) is 1.04. The summed E-state index contributed by atoms with van der Waals surface area (Å²) in [4.78, 5) is 12.7. The highest BCUT2D eigenvalue weighted by atomic mass is 32.1. The molecule has 0 saturated carbocycles. The van der Waals surface area contributed by atoms with Gasteiger partial charge in [0.1, 0.15) is 17.0 Å². The highest BCUT2D eigenvalue weighted by Crippen LogP contribution is 2.15. The first kappa shape index (κ1) is 18.1. The van der Waals surface area contributed by atoms with Crippen LogP contribution in [0.4, 0.5) is 0 Å². The fraction of sp³-hybridized carbons (Fsp3) is 0.412. The molecule has 0 radical (unpaired) electrons. The molecule has 0 fully saturated rings. The highest BCUT2D eigenvalue weighted by molar-refractivity contribution is 7.07. The fourth-order valence-electron chi connectivity index (χ4n) is 2.81. The van der Waals surface area contributed by atoms with Crippen molar-refractivity contribution in [3.8, 4) is 0 Å². The van der Waals surface area contributed by atoms with Crippen LogP contribution >= 0.6 is 11.3 Å². The van der Waals surface area contributed by atoms with Gasteiger partial charge in [0.2, 0.25) is 5.69 Å². The summed E-state index contributed by atoms with van der Waals surface area (Å²) < 4.78 is 11.0. The third kappa shape index (κ3) is 3.22. The van der Waals surface area contributed by atoms with E-state index < -0.39 is 0 Å². The van der Waals surface area contributed by atoms with Crippen LogP contribution in [0.5, 0.6) is 0 Å². The standard InChI is InChI=1S/C17H23N6O2S/c1-6-22-12(3)11-25-15(22)10-16-23(7-2)17(24)13(26-16)8-9-14-20(4)18-19-21(14)5/h8-11H,6-7H2,1-5H3/q+1. The van der Waals surface area contributed by atoms with Crippen LogP contribution in [-0.4, -0.2) is 28.7 Å². The average molecular weight is 375 g/mol. The van der Waals surface area contributed by atoms with Crippen LogP contribution in [0.2, 0.25) is 0 Å². The largest absolute Gasteiger partial charge is 0.406 e. The molecule has 0 saturated heterocycles. The van der Waals surface area contributed by atoms with Gasteiger partial charge in [0, 0.05) is 27.6 Å². The van der Waals surface area contributed by atoms with Gasteiger partial charge < -0.3 is 4.42 Å². The zero-order valence-electron chi connectivity index (χ0n) is 15.6. The van der Waals surface area contributed by atoms with Crippen molar-refractivity contribution < 1.29 is 8.98 Å². The van der Waals surface area contributed by atoms with Crippen molar-refractivity contribution in [2.45, 2.75) is 33.9 Å². The first-order valence-corrected chi connectivity index (χ1v) is 9.28. The van der Waals surface area contributed by atoms with Crippen LogP contribution in [0, 0.1) is 6.92 Å². The lowest BCUT2D eigenvalue weighted by molar-refractivity contribution is -0.703. The van der Waals surface area contributed by atoms with E-state index in [0.717, 1.165) is 28.6 Å². The summed E-state index contributed by atoms with van der Waals surface area (Å²) in [7, 11) is 3.63. The minimum Gasteiger partial charge on any atom is -0.406 e. The number of hydrogen-bond donors (Lipinski definition) is 0. The van der Waals surface area contributed by atoms with Gasteiger partial charge in [-0.2, -0.15) is 4.57 Å². The Kier molecular flexibility index (Phi) is 5.08. The normalized spacial score (nSPS) is 15.7. The first-order valence-electron chi connectivity index (χ1n) is 8.46. The van der Waals surface area contributed by atoms with E-state index in [2.05, 4.69) is 21.9 Å². The summed E-state index contributed by atoms with van der Waals surface area (Å²) in [5.74, 6) is 1.54. The van der Waals surface area contributed by atoms with E-state index in [4.69, 9.17) is 4.42 Å². The Morgan fingerprint density at radius 2 is 1.92 bits per heavy atom. The molecule has 3 rings (SSSR count). The molecule has 0 atom stereocenters. The molecule has 0 aromatic carbocycles. The lowest BCUT2D eigenvalue weighted by atomic mass is 10.4. The molecule has 0 spiro atoms. The summed E-state index contributed by atoms with van der Waals surface area (Å²) >= 11 is 1.44. The Labute approximate surface area is 155 Å². The Hall–Kier alpha value is -2.68. The van der Waals surface area contributed by atoms with E-state index >= 15 is 0 Å². The Bertz CT molecular complexity index is 1030. The van der Waals surface area contributed by atoms with Crippen LogP contribution in [0.3, 0.4) is 0 Å². The van der Waals surface area contributed by atoms with Gasteiger partial charge in [-0.25, -0.2) is 10.0 Å². The van der Waals surface area contributed by atoms with Crippen LogP contribution in [0.1, 0.15) is 25.4 Å². The van der Waals surface area contributed by atoms with Crippen molar-refractivity contribution in [3.63, 3.8) is 0 Å². The van der Waals surface area contributed by atoms with Crippen molar-refractivity contribution in [2.24, 2.45) is 10.4 Å². The van der Waals surface area contributed by atoms with Crippen LogP contribution < -0.4 is 19.3 Å². The summed E-state index contributed by atoms with van der Waals surface area (Å²) in [6, 6.07) is 0. The molecule has 0 unspecified atom stereocenters. The van der Waals surface area contributed by atoms with Crippen molar-refractivity contribution in [1.82, 2.24) is 14.6 Å². The number of aryl methyl sites for hydroxylation is 1. The summed E-state index contributed by atoms with van der Waals surface area (Å²) in [6.07, 6.45) is 7.32. The highest BCUT2D eigenvalue weighted by Gasteiger charge is 2.17. The molecule has 2 aromatic rings. The second-order valence-corrected chi connectivity index (χ2v) is 6.94. The Morgan fingerprint density at radius 3 is 2.54 bits per heavy atom. The smallest absolute Gasteiger partial charge is 0.376 e. The van der Waals surface area contributed by atoms with Crippen molar-refractivity contribution in [2.75, 3.05) is 14.1 Å². The number of thiazole rings is 1. The van der Waals surface area contributed by atoms with E-state index in [0.29, 0.717) is 11.1 Å². The monoisotopic (exact) mass is 375 g/mol. The predicted molar refractivity (Wildman–Crippen MR) is 99.3 cm³/mol. The Balaban J connectivity index is 2.11. The number of nitrogens with zero attached hydrogens (tertiary/aromatic N) is 6. The van der Waals surface area contributed by atoms with Crippen molar-refractivity contribution >= 4 is 23.5 Å². The van der Waals surface area contributed by atoms with Crippen LogP contribution in [0.25, 0.3) is 12.2 Å². The molecule has 0 N–H and O–H groups in total. The SMILES string of the molecule is CCn1c(=Cc2occ(C)[n+]2CC)sc(=CC=C2N(C)N=NN2C)c1=O. The van der Waals surface area contributed by atoms with E-state index in [1.807, 2.05) is 46.2 Å². The van der Waals surface area contributed by atoms with Gasteiger partial charge in [-0.05, 0) is 36.4 Å². The lowest BCUT2D eigenvalue weighted by Crippen LogP contribution is -2.37. The first-order chi connectivity index (χ1) is 12.5. The maximum atomic E-state index is 12.7. The number of aromatic nitrogens is 2. The molecular weight excluding hydrogens is 352 g/mol. The van der Waals surface area contributed by atoms with E-state index in [1.165, 1.54) is 11.3 Å². The molecule has 3 heterocycles. The lowest BCUT2D eigenvalue weighted by Gasteiger charge is -2.10. The predicted octanol–water partition coefficient (Wildman–Crippen LogP) is 0.749. The minimum absolute atomic E-state index is 0.0101. The number of hydrogen-bond acceptors (Lipinski definition) is 7. The van der Waals surface area contributed by atoms with Crippen molar-refractivity contribution in [1.29, 1.82) is 0 Å². The maximum Gasteiger partial charge on any atom is 0.376 e. The Morgan fingerprint density at radius 1 is 1.23 bits per heavy atom. The molecule has 0 amide bonds. The zero-order valence-corrected chi connectivity index (χ0v) is 16.4. The van der Waals surface area contributed by atoms with Gasteiger partial charge in [0.05, 0.1) is 10.6 Å². The van der Waals surface area contributed by atoms with E-state index in [1.54, 1.807) is 20.8 Å². The number of oxazole rings is 1. The molecule has 1 aliphatic heterocycles. The minimum atomic E-state index is -0.0101. The molecule has 2 aromatic heterocycles. The molecule has 8 nitrogen and oxygen atoms in total. The third-order valence-electron chi connectivity index (χ3n) is 4.21. The second kappa shape index (κ2) is 7.28. The van der Waals surface area contributed by atoms with E-state index in [-0.39, 0.29) is 5.56 Å². The van der Waals surface area contributed by atoms with Gasteiger partial charge in [0.15, 0.2) is 6.26 Å². The van der Waals surface area contributed by atoms with Gasteiger partial charge in [0.25, 0.3) is 5.56 Å². The van der Waals surface area contributed by atoms with E-state index in [9.17, 15) is 4.79 Å². The molecule has 0 aliphatic carbocycles. The van der Waals surface area contributed by atoms with Gasteiger partial charge in [-0.15, -0.1) is 11.3 Å².